The van der Waals surface area contributed by atoms with E-state index in [0.29, 0.717) is 11.3 Å². The van der Waals surface area contributed by atoms with E-state index in [1.54, 1.807) is 48.5 Å². The lowest BCUT2D eigenvalue weighted by Gasteiger charge is -2.26. The third kappa shape index (κ3) is 6.19. The number of benzene rings is 4. The smallest absolute Gasteiger partial charge is 0.273 e. The van der Waals surface area contributed by atoms with Crippen molar-refractivity contribution < 1.29 is 27.8 Å². The molecule has 1 amide bonds. The van der Waals surface area contributed by atoms with Crippen molar-refractivity contribution in [1.82, 2.24) is 5.43 Å². The van der Waals surface area contributed by atoms with Crippen LogP contribution in [0.25, 0.3) is 0 Å². The van der Waals surface area contributed by atoms with Crippen molar-refractivity contribution in [3.8, 4) is 17.2 Å². The molecule has 0 saturated carbocycles. The van der Waals surface area contributed by atoms with Gasteiger partial charge in [-0.3, -0.25) is 9.10 Å². The highest BCUT2D eigenvalue weighted by atomic mass is 32.2. The quantitative estimate of drug-likeness (QED) is 0.223. The fourth-order valence-corrected chi connectivity index (χ4v) is 5.31. The van der Waals surface area contributed by atoms with Crippen molar-refractivity contribution in [2.75, 3.05) is 18.5 Å². The highest BCUT2D eigenvalue weighted by Crippen LogP contribution is 2.30. The number of anilines is 1. The molecule has 0 saturated heterocycles. The van der Waals surface area contributed by atoms with Crippen LogP contribution in [-0.4, -0.2) is 39.9 Å². The number of phenols is 1. The lowest BCUT2D eigenvalue weighted by molar-refractivity contribution is 0.0955. The molecule has 0 unspecified atom stereocenters. The Labute approximate surface area is 227 Å². The molecular formula is C29H27N3O6S. The first kappa shape index (κ1) is 27.2. The number of phenolic OH excluding ortho intramolecular Hbond substituents is 1. The molecule has 0 spiro atoms. The summed E-state index contributed by atoms with van der Waals surface area (Å²) in [5.74, 6) is 0.0180. The molecule has 0 aliphatic rings. The summed E-state index contributed by atoms with van der Waals surface area (Å²) >= 11 is 0. The number of methoxy groups -OCH3 is 2. The van der Waals surface area contributed by atoms with Crippen LogP contribution >= 0.6 is 0 Å². The summed E-state index contributed by atoms with van der Waals surface area (Å²) in [5, 5.41) is 14.2. The van der Waals surface area contributed by atoms with Gasteiger partial charge in [0.1, 0.15) is 5.75 Å². The molecule has 2 N–H and O–H groups in total. The number of rotatable bonds is 10. The SMILES string of the molecule is COc1ccc(S(=O)(=O)N(Cc2ccccc2)c2ccccc2C(=O)NN=Cc2cccc(OC)c2O)cc1. The van der Waals surface area contributed by atoms with Gasteiger partial charge in [-0.2, -0.15) is 5.10 Å². The Morgan fingerprint density at radius 3 is 2.28 bits per heavy atom. The Bertz CT molecular complexity index is 1570. The van der Waals surface area contributed by atoms with E-state index < -0.39 is 15.9 Å². The third-order valence-electron chi connectivity index (χ3n) is 5.85. The van der Waals surface area contributed by atoms with Gasteiger partial charge in [-0.05, 0) is 54.1 Å². The van der Waals surface area contributed by atoms with Gasteiger partial charge < -0.3 is 14.6 Å². The topological polar surface area (TPSA) is 118 Å². The van der Waals surface area contributed by atoms with E-state index in [9.17, 15) is 18.3 Å². The van der Waals surface area contributed by atoms with Crippen molar-refractivity contribution in [3.05, 3.63) is 114 Å². The second-order valence-corrected chi connectivity index (χ2v) is 10.1. The Hall–Kier alpha value is -4.83. The zero-order valence-corrected chi connectivity index (χ0v) is 22.1. The predicted octanol–water partition coefficient (Wildman–Crippen LogP) is 4.57. The summed E-state index contributed by atoms with van der Waals surface area (Å²) < 4.78 is 39.2. The average molecular weight is 546 g/mol. The van der Waals surface area contributed by atoms with Crippen LogP contribution in [0.15, 0.2) is 107 Å². The number of para-hydroxylation sites is 2. The Kier molecular flexibility index (Phi) is 8.47. The largest absolute Gasteiger partial charge is 0.504 e. The molecule has 0 radical (unpaired) electrons. The highest BCUT2D eigenvalue weighted by molar-refractivity contribution is 7.92. The van der Waals surface area contributed by atoms with Crippen LogP contribution < -0.4 is 19.2 Å². The minimum Gasteiger partial charge on any atom is -0.504 e. The van der Waals surface area contributed by atoms with Crippen LogP contribution in [0.5, 0.6) is 17.2 Å². The summed E-state index contributed by atoms with van der Waals surface area (Å²) in [5.41, 5.74) is 3.75. The van der Waals surface area contributed by atoms with E-state index in [4.69, 9.17) is 9.47 Å². The summed E-state index contributed by atoms with van der Waals surface area (Å²) in [6, 6.07) is 26.4. The van der Waals surface area contributed by atoms with Gasteiger partial charge in [0.2, 0.25) is 0 Å². The number of ether oxygens (including phenoxy) is 2. The Balaban J connectivity index is 1.70. The predicted molar refractivity (Wildman–Crippen MR) is 149 cm³/mol. The number of nitrogens with zero attached hydrogens (tertiary/aromatic N) is 2. The van der Waals surface area contributed by atoms with Crippen molar-refractivity contribution in [2.24, 2.45) is 5.10 Å². The number of carbonyl (C=O) groups excluding carboxylic acids is 1. The van der Waals surface area contributed by atoms with Crippen molar-refractivity contribution in [3.63, 3.8) is 0 Å². The monoisotopic (exact) mass is 545 g/mol. The third-order valence-corrected chi connectivity index (χ3v) is 7.63. The van der Waals surface area contributed by atoms with Gasteiger partial charge >= 0.3 is 0 Å². The zero-order valence-electron chi connectivity index (χ0n) is 21.3. The first-order valence-corrected chi connectivity index (χ1v) is 13.3. The van der Waals surface area contributed by atoms with Gasteiger partial charge in [-0.1, -0.05) is 48.5 Å². The summed E-state index contributed by atoms with van der Waals surface area (Å²) in [6.45, 7) is -0.0134. The minimum absolute atomic E-state index is 0.0134. The number of nitrogens with one attached hydrogen (secondary N) is 1. The van der Waals surface area contributed by atoms with Crippen LogP contribution in [0.4, 0.5) is 5.69 Å². The molecule has 10 heteroatoms. The van der Waals surface area contributed by atoms with Gasteiger partial charge in [-0.25, -0.2) is 13.8 Å². The second kappa shape index (κ2) is 12.1. The van der Waals surface area contributed by atoms with E-state index in [2.05, 4.69) is 10.5 Å². The molecule has 39 heavy (non-hydrogen) atoms. The van der Waals surface area contributed by atoms with Crippen LogP contribution in [0.2, 0.25) is 0 Å². The lowest BCUT2D eigenvalue weighted by atomic mass is 10.1. The molecule has 0 atom stereocenters. The van der Waals surface area contributed by atoms with Gasteiger partial charge in [0, 0.05) is 5.56 Å². The number of hydrogen-bond donors (Lipinski definition) is 2. The number of sulfonamides is 1. The molecule has 4 aromatic carbocycles. The first-order chi connectivity index (χ1) is 18.8. The lowest BCUT2D eigenvalue weighted by Crippen LogP contribution is -2.33. The summed E-state index contributed by atoms with van der Waals surface area (Å²) in [7, 11) is -1.17. The average Bonchev–Trinajstić information content (AvgIpc) is 2.97. The molecule has 0 heterocycles. The van der Waals surface area contributed by atoms with Crippen LogP contribution in [0.3, 0.4) is 0 Å². The van der Waals surface area contributed by atoms with E-state index in [1.807, 2.05) is 30.3 Å². The van der Waals surface area contributed by atoms with E-state index in [-0.39, 0.29) is 34.2 Å². The maximum absolute atomic E-state index is 13.9. The fourth-order valence-electron chi connectivity index (χ4n) is 3.84. The number of aromatic hydroxyl groups is 1. The van der Waals surface area contributed by atoms with Gasteiger partial charge in [0.15, 0.2) is 11.5 Å². The zero-order chi connectivity index (χ0) is 27.8. The van der Waals surface area contributed by atoms with Gasteiger partial charge in [0.25, 0.3) is 15.9 Å². The summed E-state index contributed by atoms with van der Waals surface area (Å²) in [6.07, 6.45) is 1.27. The number of carbonyl (C=O) groups is 1. The van der Waals surface area contributed by atoms with Gasteiger partial charge in [0.05, 0.1) is 43.1 Å². The van der Waals surface area contributed by atoms with Crippen molar-refractivity contribution >= 4 is 27.8 Å². The van der Waals surface area contributed by atoms with E-state index in [1.165, 1.54) is 42.9 Å². The van der Waals surface area contributed by atoms with Crippen molar-refractivity contribution in [2.45, 2.75) is 11.4 Å². The highest BCUT2D eigenvalue weighted by Gasteiger charge is 2.28. The van der Waals surface area contributed by atoms with Gasteiger partial charge in [-0.15, -0.1) is 0 Å². The van der Waals surface area contributed by atoms with Crippen LogP contribution in [-0.2, 0) is 16.6 Å². The van der Waals surface area contributed by atoms with E-state index in [0.717, 1.165) is 5.56 Å². The number of hydrazone groups is 1. The summed E-state index contributed by atoms with van der Waals surface area (Å²) in [4.78, 5) is 13.3. The molecule has 0 bridgehead atoms. The number of hydrogen-bond acceptors (Lipinski definition) is 7. The second-order valence-electron chi connectivity index (χ2n) is 8.29. The minimum atomic E-state index is -4.10. The fraction of sp³-hybridized carbons (Fsp3) is 0.103. The van der Waals surface area contributed by atoms with Crippen LogP contribution in [0.1, 0.15) is 21.5 Å². The first-order valence-electron chi connectivity index (χ1n) is 11.8. The molecule has 0 aliphatic carbocycles. The van der Waals surface area contributed by atoms with E-state index >= 15 is 0 Å². The maximum Gasteiger partial charge on any atom is 0.273 e. The molecule has 9 nitrogen and oxygen atoms in total. The molecule has 200 valence electrons. The Morgan fingerprint density at radius 1 is 0.897 bits per heavy atom. The van der Waals surface area contributed by atoms with Crippen molar-refractivity contribution in [1.29, 1.82) is 0 Å². The molecule has 0 fully saturated rings. The maximum atomic E-state index is 13.9. The normalized spacial score (nSPS) is 11.2. The number of amides is 1. The Morgan fingerprint density at radius 2 is 1.59 bits per heavy atom. The molecule has 0 aliphatic heterocycles. The molecule has 4 aromatic rings. The molecule has 0 aromatic heterocycles. The molecular weight excluding hydrogens is 518 g/mol. The molecule has 4 rings (SSSR count). The van der Waals surface area contributed by atoms with Crippen LogP contribution in [0, 0.1) is 0 Å². The standard InChI is InChI=1S/C29H27N3O6S/c1-37-23-15-17-24(18-16-23)39(35,36)32(20-21-9-4-3-5-10-21)26-13-7-6-12-25(26)29(34)31-30-19-22-11-8-14-27(38-2)28(22)33/h3-19,33H,20H2,1-2H3,(H,31,34).